The number of hydrogen-bond donors (Lipinski definition) is 1. The van der Waals surface area contributed by atoms with Crippen molar-refractivity contribution in [1.29, 1.82) is 0 Å². The molecule has 1 aliphatic heterocycles. The van der Waals surface area contributed by atoms with Crippen LogP contribution in [-0.2, 0) is 5.60 Å². The van der Waals surface area contributed by atoms with E-state index in [-0.39, 0.29) is 0 Å². The Morgan fingerprint density at radius 3 is 2.64 bits per heavy atom. The number of benzene rings is 2. The number of rotatable bonds is 3. The lowest BCUT2D eigenvalue weighted by Gasteiger charge is -2.46. The average Bonchev–Trinajstić information content (AvgIpc) is 2.71. The van der Waals surface area contributed by atoms with Gasteiger partial charge >= 0.3 is 0 Å². The molecule has 0 amide bonds. The second kappa shape index (κ2) is 6.35. The van der Waals surface area contributed by atoms with E-state index in [0.29, 0.717) is 30.4 Å². The van der Waals surface area contributed by atoms with E-state index in [0.717, 1.165) is 22.0 Å². The van der Waals surface area contributed by atoms with Crippen LogP contribution in [0.25, 0.3) is 22.2 Å². The van der Waals surface area contributed by atoms with Gasteiger partial charge in [-0.25, -0.2) is 9.97 Å². The van der Waals surface area contributed by atoms with Gasteiger partial charge in [-0.05, 0) is 19.1 Å². The maximum atomic E-state index is 11.2. The van der Waals surface area contributed by atoms with Gasteiger partial charge in [0.1, 0.15) is 11.3 Å². The van der Waals surface area contributed by atoms with Crippen molar-refractivity contribution in [3.05, 3.63) is 78.4 Å². The second-order valence-corrected chi connectivity index (χ2v) is 7.24. The van der Waals surface area contributed by atoms with Crippen LogP contribution in [0.3, 0.4) is 0 Å². The number of aliphatic hydroxyl groups is 1. The van der Waals surface area contributed by atoms with Gasteiger partial charge in [-0.3, -0.25) is 9.97 Å². The third kappa shape index (κ3) is 2.78. The van der Waals surface area contributed by atoms with E-state index in [1.54, 1.807) is 12.4 Å². The Labute approximate surface area is 162 Å². The number of para-hydroxylation sites is 1. The molecule has 0 unspecified atom stereocenters. The smallest absolute Gasteiger partial charge is 0.226 e. The molecule has 1 aliphatic rings. The maximum Gasteiger partial charge on any atom is 0.226 e. The van der Waals surface area contributed by atoms with E-state index in [4.69, 9.17) is 0 Å². The molecule has 5 rings (SSSR count). The minimum atomic E-state index is -1.08. The molecule has 0 spiro atoms. The highest BCUT2D eigenvalue weighted by Crippen LogP contribution is 2.37. The Morgan fingerprint density at radius 2 is 1.79 bits per heavy atom. The molecular weight excluding hydrogens is 350 g/mol. The highest BCUT2D eigenvalue weighted by atomic mass is 16.3. The molecule has 2 aromatic heterocycles. The largest absolute Gasteiger partial charge is 0.380 e. The second-order valence-electron chi connectivity index (χ2n) is 7.24. The lowest BCUT2D eigenvalue weighted by Crippen LogP contribution is -2.60. The van der Waals surface area contributed by atoms with Crippen LogP contribution in [0.4, 0.5) is 5.95 Å². The Hall–Kier alpha value is -3.38. The molecule has 6 nitrogen and oxygen atoms in total. The van der Waals surface area contributed by atoms with Crippen LogP contribution in [0, 0.1) is 6.92 Å². The van der Waals surface area contributed by atoms with Crippen LogP contribution in [0.2, 0.25) is 0 Å². The van der Waals surface area contributed by atoms with E-state index in [9.17, 15) is 5.11 Å². The molecule has 28 heavy (non-hydrogen) atoms. The van der Waals surface area contributed by atoms with Gasteiger partial charge in [0.25, 0.3) is 0 Å². The first kappa shape index (κ1) is 16.8. The summed E-state index contributed by atoms with van der Waals surface area (Å²) < 4.78 is 0. The molecular formula is C22H19N5O. The number of nitrogens with zero attached hydrogens (tertiary/aromatic N) is 5. The molecule has 0 atom stereocenters. The summed E-state index contributed by atoms with van der Waals surface area (Å²) in [5.41, 5.74) is 3.22. The third-order valence-electron chi connectivity index (χ3n) is 5.09. The Balaban J connectivity index is 1.46. The summed E-state index contributed by atoms with van der Waals surface area (Å²) in [5.74, 6) is 0.615. The van der Waals surface area contributed by atoms with Gasteiger partial charge in [0.2, 0.25) is 5.95 Å². The minimum absolute atomic E-state index is 0.378. The van der Waals surface area contributed by atoms with Crippen LogP contribution < -0.4 is 4.90 Å². The van der Waals surface area contributed by atoms with E-state index < -0.39 is 5.60 Å². The van der Waals surface area contributed by atoms with E-state index >= 15 is 0 Å². The zero-order valence-corrected chi connectivity index (χ0v) is 15.4. The van der Waals surface area contributed by atoms with Crippen molar-refractivity contribution in [1.82, 2.24) is 19.9 Å². The molecule has 3 heterocycles. The summed E-state index contributed by atoms with van der Waals surface area (Å²) in [6.07, 6.45) is 5.10. The van der Waals surface area contributed by atoms with Crippen molar-refractivity contribution < 1.29 is 5.11 Å². The van der Waals surface area contributed by atoms with Crippen LogP contribution in [0.1, 0.15) is 11.3 Å². The van der Waals surface area contributed by atoms with Gasteiger partial charge in [0.15, 0.2) is 0 Å². The Kier molecular flexibility index (Phi) is 3.80. The third-order valence-corrected chi connectivity index (χ3v) is 5.09. The van der Waals surface area contributed by atoms with Crippen LogP contribution in [0.15, 0.2) is 67.1 Å². The Morgan fingerprint density at radius 1 is 0.964 bits per heavy atom. The molecule has 0 aliphatic carbocycles. The summed E-state index contributed by atoms with van der Waals surface area (Å²) >= 11 is 0. The fourth-order valence-electron chi connectivity index (χ4n) is 3.67. The number of aryl methyl sites for hydroxylation is 1. The van der Waals surface area contributed by atoms with E-state index in [2.05, 4.69) is 26.0 Å². The number of anilines is 1. The number of β-amino-alcohol motifs (C(OH)–C–C–N with tert-alkyl or cyclic N) is 1. The molecule has 0 saturated carbocycles. The van der Waals surface area contributed by atoms with Gasteiger partial charge in [-0.1, -0.05) is 42.0 Å². The van der Waals surface area contributed by atoms with Crippen molar-refractivity contribution in [2.24, 2.45) is 0 Å². The molecule has 1 saturated heterocycles. The van der Waals surface area contributed by atoms with Crippen LogP contribution in [0.5, 0.6) is 0 Å². The highest BCUT2D eigenvalue weighted by molar-refractivity contribution is 5.78. The molecule has 0 bridgehead atoms. The van der Waals surface area contributed by atoms with Gasteiger partial charge in [-0.2, -0.15) is 0 Å². The fraction of sp³-hybridized carbons (Fsp3) is 0.182. The number of hydrogen-bond acceptors (Lipinski definition) is 6. The molecule has 6 heteroatoms. The predicted octanol–water partition coefficient (Wildman–Crippen LogP) is 3.10. The highest BCUT2D eigenvalue weighted by Gasteiger charge is 2.47. The first-order chi connectivity index (χ1) is 13.6. The predicted molar refractivity (Wildman–Crippen MR) is 108 cm³/mol. The first-order valence-corrected chi connectivity index (χ1v) is 9.20. The SMILES string of the molecule is Cc1cccc(-c2nccnc2C2(O)CN(c3ncc4ccccc4n3)C2)c1. The summed E-state index contributed by atoms with van der Waals surface area (Å²) in [7, 11) is 0. The van der Waals surface area contributed by atoms with Crippen LogP contribution >= 0.6 is 0 Å². The normalized spacial score (nSPS) is 15.4. The topological polar surface area (TPSA) is 75.0 Å². The van der Waals surface area contributed by atoms with Crippen molar-refractivity contribution in [2.75, 3.05) is 18.0 Å². The zero-order valence-electron chi connectivity index (χ0n) is 15.4. The molecule has 1 fully saturated rings. The summed E-state index contributed by atoms with van der Waals surface area (Å²) in [5, 5.41) is 12.2. The van der Waals surface area contributed by atoms with Crippen molar-refractivity contribution in [2.45, 2.75) is 12.5 Å². The van der Waals surface area contributed by atoms with Gasteiger partial charge < -0.3 is 10.0 Å². The lowest BCUT2D eigenvalue weighted by molar-refractivity contribution is 0.00274. The van der Waals surface area contributed by atoms with E-state index in [1.165, 1.54) is 0 Å². The molecule has 1 N–H and O–H groups in total. The molecule has 138 valence electrons. The average molecular weight is 369 g/mol. The monoisotopic (exact) mass is 369 g/mol. The van der Waals surface area contributed by atoms with Gasteiger partial charge in [0.05, 0.1) is 24.3 Å². The zero-order chi connectivity index (χ0) is 19.1. The standard InChI is InChI=1S/C22H19N5O/c1-15-5-4-7-16(11-15)19-20(24-10-9-23-19)22(28)13-27(14-22)21-25-12-17-6-2-3-8-18(17)26-21/h2-12,28H,13-14H2,1H3. The Bertz CT molecular complexity index is 1170. The summed E-state index contributed by atoms with van der Waals surface area (Å²) in [6, 6.07) is 15.9. The number of fused-ring (bicyclic) bond motifs is 1. The summed E-state index contributed by atoms with van der Waals surface area (Å²) in [4.78, 5) is 20.0. The van der Waals surface area contributed by atoms with Crippen molar-refractivity contribution in [3.63, 3.8) is 0 Å². The molecule has 2 aromatic carbocycles. The molecule has 4 aromatic rings. The summed E-state index contributed by atoms with van der Waals surface area (Å²) in [6.45, 7) is 2.79. The van der Waals surface area contributed by atoms with Crippen molar-refractivity contribution >= 4 is 16.9 Å². The van der Waals surface area contributed by atoms with Crippen molar-refractivity contribution in [3.8, 4) is 11.3 Å². The molecule has 0 radical (unpaired) electrons. The fourth-order valence-corrected chi connectivity index (χ4v) is 3.67. The van der Waals surface area contributed by atoms with Gasteiger partial charge in [-0.15, -0.1) is 0 Å². The van der Waals surface area contributed by atoms with E-state index in [1.807, 2.05) is 60.5 Å². The van der Waals surface area contributed by atoms with Gasteiger partial charge in [0, 0.05) is 29.5 Å². The minimum Gasteiger partial charge on any atom is -0.380 e. The quantitative estimate of drug-likeness (QED) is 0.598. The first-order valence-electron chi connectivity index (χ1n) is 9.20. The van der Waals surface area contributed by atoms with Crippen LogP contribution in [-0.4, -0.2) is 38.1 Å². The lowest BCUT2D eigenvalue weighted by atomic mass is 9.87. The number of aromatic nitrogens is 4. The maximum absolute atomic E-state index is 11.2.